The molecule has 0 saturated heterocycles. The van der Waals surface area contributed by atoms with Crippen LogP contribution in [0, 0.1) is 5.92 Å². The van der Waals surface area contributed by atoms with Crippen molar-refractivity contribution in [2.24, 2.45) is 11.7 Å². The standard InChI is InChI=1S/C14H29N3O2/c1-4-6-9-16-14(19)12(15)8-7-11(3)10-17-13(18)5-2/h11-12H,4-10,15H2,1-3H3,(H,16,19)(H,17,18). The molecule has 0 aliphatic rings. The minimum atomic E-state index is -0.443. The first kappa shape index (κ1) is 17.9. The van der Waals surface area contributed by atoms with Crippen molar-refractivity contribution < 1.29 is 9.59 Å². The minimum absolute atomic E-state index is 0.0634. The van der Waals surface area contributed by atoms with Gasteiger partial charge >= 0.3 is 0 Å². The van der Waals surface area contributed by atoms with Gasteiger partial charge in [0.05, 0.1) is 6.04 Å². The topological polar surface area (TPSA) is 84.2 Å². The largest absolute Gasteiger partial charge is 0.356 e. The van der Waals surface area contributed by atoms with Crippen molar-refractivity contribution >= 4 is 11.8 Å². The van der Waals surface area contributed by atoms with E-state index in [1.807, 2.05) is 6.92 Å². The lowest BCUT2D eigenvalue weighted by molar-refractivity contribution is -0.123. The van der Waals surface area contributed by atoms with Crippen LogP contribution in [0.2, 0.25) is 0 Å². The Labute approximate surface area is 116 Å². The van der Waals surface area contributed by atoms with Gasteiger partial charge in [0.1, 0.15) is 0 Å². The van der Waals surface area contributed by atoms with Crippen LogP contribution in [0.25, 0.3) is 0 Å². The summed E-state index contributed by atoms with van der Waals surface area (Å²) in [5.74, 6) is 0.330. The molecule has 0 spiro atoms. The highest BCUT2D eigenvalue weighted by Crippen LogP contribution is 2.06. The molecule has 0 aromatic rings. The fourth-order valence-electron chi connectivity index (χ4n) is 1.63. The molecule has 0 bridgehead atoms. The first-order valence-electron chi connectivity index (χ1n) is 7.31. The zero-order chi connectivity index (χ0) is 14.7. The van der Waals surface area contributed by atoms with Crippen LogP contribution in [0.5, 0.6) is 0 Å². The maximum absolute atomic E-state index is 11.6. The Kier molecular flexibility index (Phi) is 10.2. The number of nitrogens with two attached hydrogens (primary N) is 1. The van der Waals surface area contributed by atoms with Crippen molar-refractivity contribution in [2.75, 3.05) is 13.1 Å². The van der Waals surface area contributed by atoms with Crippen molar-refractivity contribution in [1.82, 2.24) is 10.6 Å². The summed E-state index contributed by atoms with van der Waals surface area (Å²) < 4.78 is 0. The number of amides is 2. The predicted molar refractivity (Wildman–Crippen MR) is 77.6 cm³/mol. The highest BCUT2D eigenvalue weighted by atomic mass is 16.2. The lowest BCUT2D eigenvalue weighted by Gasteiger charge is -2.16. The molecule has 0 fully saturated rings. The van der Waals surface area contributed by atoms with Crippen LogP contribution in [0.1, 0.15) is 52.9 Å². The van der Waals surface area contributed by atoms with Crippen molar-refractivity contribution in [2.45, 2.75) is 58.9 Å². The number of unbranched alkanes of at least 4 members (excludes halogenated alkanes) is 1. The molecule has 5 nitrogen and oxygen atoms in total. The fourth-order valence-corrected chi connectivity index (χ4v) is 1.63. The van der Waals surface area contributed by atoms with E-state index in [1.165, 1.54) is 0 Å². The molecule has 0 rings (SSSR count). The second-order valence-corrected chi connectivity index (χ2v) is 5.09. The molecule has 0 radical (unpaired) electrons. The van der Waals surface area contributed by atoms with E-state index in [1.54, 1.807) is 0 Å². The van der Waals surface area contributed by atoms with Crippen molar-refractivity contribution in [3.63, 3.8) is 0 Å². The third-order valence-electron chi connectivity index (χ3n) is 3.11. The second kappa shape index (κ2) is 10.8. The molecule has 2 unspecified atom stereocenters. The first-order chi connectivity index (χ1) is 9.01. The maximum Gasteiger partial charge on any atom is 0.236 e. The Morgan fingerprint density at radius 2 is 1.84 bits per heavy atom. The molecule has 2 atom stereocenters. The molecule has 0 aromatic heterocycles. The Morgan fingerprint density at radius 3 is 2.42 bits per heavy atom. The van der Waals surface area contributed by atoms with Gasteiger partial charge in [-0.1, -0.05) is 27.2 Å². The molecule has 0 saturated carbocycles. The number of carbonyl (C=O) groups is 2. The molecule has 19 heavy (non-hydrogen) atoms. The maximum atomic E-state index is 11.6. The highest BCUT2D eigenvalue weighted by molar-refractivity contribution is 5.81. The summed E-state index contributed by atoms with van der Waals surface area (Å²) in [5, 5.41) is 5.68. The van der Waals surface area contributed by atoms with Crippen LogP contribution in [0.3, 0.4) is 0 Å². The number of nitrogens with one attached hydrogen (secondary N) is 2. The summed E-state index contributed by atoms with van der Waals surface area (Å²) in [7, 11) is 0. The molecule has 0 aliphatic carbocycles. The average molecular weight is 271 g/mol. The molecule has 0 aliphatic heterocycles. The minimum Gasteiger partial charge on any atom is -0.356 e. The van der Waals surface area contributed by atoms with E-state index >= 15 is 0 Å². The third kappa shape index (κ3) is 9.47. The van der Waals surface area contributed by atoms with E-state index in [0.717, 1.165) is 19.3 Å². The molecule has 0 heterocycles. The van der Waals surface area contributed by atoms with Gasteiger partial charge in [0.15, 0.2) is 0 Å². The molecule has 2 amide bonds. The lowest BCUT2D eigenvalue weighted by Crippen LogP contribution is -2.41. The van der Waals surface area contributed by atoms with Gasteiger partial charge in [0, 0.05) is 19.5 Å². The Bertz CT molecular complexity index is 269. The first-order valence-corrected chi connectivity index (χ1v) is 7.31. The van der Waals surface area contributed by atoms with E-state index in [2.05, 4.69) is 24.5 Å². The van der Waals surface area contributed by atoms with E-state index in [4.69, 9.17) is 5.73 Å². The van der Waals surface area contributed by atoms with Crippen LogP contribution in [-0.4, -0.2) is 30.9 Å². The normalized spacial score (nSPS) is 13.7. The van der Waals surface area contributed by atoms with Crippen LogP contribution in [0.4, 0.5) is 0 Å². The van der Waals surface area contributed by atoms with Gasteiger partial charge in [0.2, 0.25) is 11.8 Å². The Balaban J connectivity index is 3.72. The molecule has 4 N–H and O–H groups in total. The Morgan fingerprint density at radius 1 is 1.16 bits per heavy atom. The zero-order valence-corrected chi connectivity index (χ0v) is 12.5. The van der Waals surface area contributed by atoms with Gasteiger partial charge < -0.3 is 16.4 Å². The number of hydrogen-bond donors (Lipinski definition) is 3. The van der Waals surface area contributed by atoms with E-state index in [-0.39, 0.29) is 11.8 Å². The monoisotopic (exact) mass is 271 g/mol. The van der Waals surface area contributed by atoms with Gasteiger partial charge in [-0.3, -0.25) is 9.59 Å². The van der Waals surface area contributed by atoms with E-state index < -0.39 is 6.04 Å². The average Bonchev–Trinajstić information content (AvgIpc) is 2.41. The van der Waals surface area contributed by atoms with Crippen LogP contribution < -0.4 is 16.4 Å². The zero-order valence-electron chi connectivity index (χ0n) is 12.5. The SMILES string of the molecule is CCCCNC(=O)C(N)CCC(C)CNC(=O)CC. The summed E-state index contributed by atoms with van der Waals surface area (Å²) in [6, 6.07) is -0.443. The van der Waals surface area contributed by atoms with Crippen LogP contribution >= 0.6 is 0 Å². The molecular formula is C14H29N3O2. The molecule has 5 heteroatoms. The fraction of sp³-hybridized carbons (Fsp3) is 0.857. The summed E-state index contributed by atoms with van der Waals surface area (Å²) in [6.45, 7) is 7.31. The lowest BCUT2D eigenvalue weighted by atomic mass is 10.0. The highest BCUT2D eigenvalue weighted by Gasteiger charge is 2.14. The van der Waals surface area contributed by atoms with Gasteiger partial charge in [-0.05, 0) is 25.2 Å². The van der Waals surface area contributed by atoms with E-state index in [0.29, 0.717) is 31.8 Å². The third-order valence-corrected chi connectivity index (χ3v) is 3.11. The predicted octanol–water partition coefficient (Wildman–Crippen LogP) is 1.17. The smallest absolute Gasteiger partial charge is 0.236 e. The summed E-state index contributed by atoms with van der Waals surface area (Å²) in [6.07, 6.45) is 4.04. The van der Waals surface area contributed by atoms with Crippen molar-refractivity contribution in [1.29, 1.82) is 0 Å². The number of carbonyl (C=O) groups excluding carboxylic acids is 2. The summed E-state index contributed by atoms with van der Waals surface area (Å²) in [5.41, 5.74) is 5.83. The second-order valence-electron chi connectivity index (χ2n) is 5.09. The van der Waals surface area contributed by atoms with Gasteiger partial charge in [0.25, 0.3) is 0 Å². The molecule has 0 aromatic carbocycles. The summed E-state index contributed by atoms with van der Waals surface area (Å²) >= 11 is 0. The molecular weight excluding hydrogens is 242 g/mol. The van der Waals surface area contributed by atoms with Crippen LogP contribution in [-0.2, 0) is 9.59 Å². The van der Waals surface area contributed by atoms with Crippen molar-refractivity contribution in [3.8, 4) is 0 Å². The van der Waals surface area contributed by atoms with Crippen LogP contribution in [0.15, 0.2) is 0 Å². The number of hydrogen-bond acceptors (Lipinski definition) is 3. The Hall–Kier alpha value is -1.10. The number of rotatable bonds is 10. The van der Waals surface area contributed by atoms with E-state index in [9.17, 15) is 9.59 Å². The van der Waals surface area contributed by atoms with Gasteiger partial charge in [-0.2, -0.15) is 0 Å². The van der Waals surface area contributed by atoms with Crippen molar-refractivity contribution in [3.05, 3.63) is 0 Å². The molecule has 112 valence electrons. The quantitative estimate of drug-likeness (QED) is 0.522. The van der Waals surface area contributed by atoms with Gasteiger partial charge in [-0.25, -0.2) is 0 Å². The summed E-state index contributed by atoms with van der Waals surface area (Å²) in [4.78, 5) is 22.7. The van der Waals surface area contributed by atoms with Gasteiger partial charge in [-0.15, -0.1) is 0 Å².